The van der Waals surface area contributed by atoms with Crippen LogP contribution in [0.3, 0.4) is 0 Å². The number of aromatic nitrogens is 3. The predicted octanol–water partition coefficient (Wildman–Crippen LogP) is 2.34. The highest BCUT2D eigenvalue weighted by molar-refractivity contribution is 7.99. The molecule has 2 heterocycles. The second kappa shape index (κ2) is 10.3. The van der Waals surface area contributed by atoms with E-state index >= 15 is 0 Å². The number of carbonyl (C=O) groups is 1. The highest BCUT2D eigenvalue weighted by Gasteiger charge is 2.30. The van der Waals surface area contributed by atoms with E-state index in [4.69, 9.17) is 4.74 Å². The number of allylic oxidation sites excluding steroid dienone is 1. The molecule has 31 heavy (non-hydrogen) atoms. The monoisotopic (exact) mass is 465 g/mol. The van der Waals surface area contributed by atoms with Gasteiger partial charge in [-0.3, -0.25) is 4.79 Å². The van der Waals surface area contributed by atoms with Crippen molar-refractivity contribution in [1.82, 2.24) is 19.1 Å². The van der Waals surface area contributed by atoms with Crippen LogP contribution in [-0.2, 0) is 21.4 Å². The Labute approximate surface area is 186 Å². The van der Waals surface area contributed by atoms with Gasteiger partial charge in [-0.15, -0.1) is 16.8 Å². The predicted molar refractivity (Wildman–Crippen MR) is 121 cm³/mol. The lowest BCUT2D eigenvalue weighted by Gasteiger charge is -2.30. The minimum atomic E-state index is -3.25. The molecule has 9 nitrogen and oxygen atoms in total. The van der Waals surface area contributed by atoms with Crippen molar-refractivity contribution in [3.8, 4) is 5.75 Å². The average Bonchev–Trinajstić information content (AvgIpc) is 3.15. The molecule has 1 aromatic carbocycles. The summed E-state index contributed by atoms with van der Waals surface area (Å²) >= 11 is 1.29. The minimum Gasteiger partial charge on any atom is -0.497 e. The number of hydrogen-bond donors (Lipinski definition) is 1. The fraction of sp³-hybridized carbons (Fsp3) is 0.450. The van der Waals surface area contributed by atoms with Crippen LogP contribution >= 0.6 is 11.8 Å². The molecule has 2 aromatic rings. The number of rotatable bonds is 9. The molecule has 0 saturated carbocycles. The molecule has 1 atom stereocenters. The van der Waals surface area contributed by atoms with Crippen molar-refractivity contribution >= 4 is 33.4 Å². The van der Waals surface area contributed by atoms with Gasteiger partial charge in [-0.1, -0.05) is 17.8 Å². The molecule has 1 N–H and O–H groups in total. The van der Waals surface area contributed by atoms with Crippen molar-refractivity contribution in [3.05, 3.63) is 42.7 Å². The summed E-state index contributed by atoms with van der Waals surface area (Å²) in [7, 11) is -1.66. The van der Waals surface area contributed by atoms with Gasteiger partial charge in [0.2, 0.25) is 15.9 Å². The Morgan fingerprint density at radius 3 is 2.74 bits per heavy atom. The second-order valence-electron chi connectivity index (χ2n) is 7.27. The lowest BCUT2D eigenvalue weighted by molar-refractivity contribution is -0.113. The van der Waals surface area contributed by atoms with Gasteiger partial charge in [-0.2, -0.15) is 0 Å². The number of piperidine rings is 1. The molecule has 1 aliphatic heterocycles. The number of nitrogens with zero attached hydrogens (tertiary/aromatic N) is 4. The van der Waals surface area contributed by atoms with E-state index in [2.05, 4.69) is 22.1 Å². The van der Waals surface area contributed by atoms with Crippen molar-refractivity contribution < 1.29 is 17.9 Å². The third-order valence-corrected chi connectivity index (χ3v) is 7.22. The van der Waals surface area contributed by atoms with Crippen LogP contribution in [0.4, 0.5) is 5.69 Å². The van der Waals surface area contributed by atoms with Gasteiger partial charge in [-0.05, 0) is 37.1 Å². The lowest BCUT2D eigenvalue weighted by atomic mass is 9.99. The number of amides is 1. The maximum absolute atomic E-state index is 12.4. The van der Waals surface area contributed by atoms with Gasteiger partial charge in [-0.25, -0.2) is 12.7 Å². The van der Waals surface area contributed by atoms with Gasteiger partial charge in [0.25, 0.3) is 0 Å². The minimum absolute atomic E-state index is 0.0431. The van der Waals surface area contributed by atoms with Crippen molar-refractivity contribution in [2.45, 2.75) is 30.5 Å². The smallest absolute Gasteiger partial charge is 0.234 e. The van der Waals surface area contributed by atoms with Crippen LogP contribution in [0.1, 0.15) is 24.6 Å². The number of hydrogen-bond acceptors (Lipinski definition) is 7. The molecule has 0 spiro atoms. The third kappa shape index (κ3) is 6.08. The molecule has 0 bridgehead atoms. The molecule has 3 rings (SSSR count). The number of methoxy groups -OCH3 is 1. The molecule has 1 unspecified atom stereocenters. The highest BCUT2D eigenvalue weighted by Crippen LogP contribution is 2.29. The second-order valence-corrected chi connectivity index (χ2v) is 10.2. The first kappa shape index (κ1) is 23.3. The standard InChI is InChI=1S/C20H27N5O4S2/c1-4-11-25-19(15-6-5-12-24(13-15)31(3,27)28)22-23-20(25)30-14-18(26)21-16-7-9-17(29-2)10-8-16/h4,7-10,15H,1,5-6,11-14H2,2-3H3,(H,21,26). The van der Waals surface area contributed by atoms with E-state index in [9.17, 15) is 13.2 Å². The molecular formula is C20H27N5O4S2. The number of ether oxygens (including phenoxy) is 1. The van der Waals surface area contributed by atoms with Gasteiger partial charge in [0, 0.05) is 31.2 Å². The van der Waals surface area contributed by atoms with E-state index < -0.39 is 10.0 Å². The maximum Gasteiger partial charge on any atom is 0.234 e. The average molecular weight is 466 g/mol. The van der Waals surface area contributed by atoms with Crippen LogP contribution in [0.15, 0.2) is 42.1 Å². The Kier molecular flexibility index (Phi) is 7.74. The molecule has 1 amide bonds. The van der Waals surface area contributed by atoms with Crippen LogP contribution in [0.25, 0.3) is 0 Å². The summed E-state index contributed by atoms with van der Waals surface area (Å²) < 4.78 is 32.4. The molecule has 1 aliphatic rings. The number of sulfonamides is 1. The molecule has 0 aliphatic carbocycles. The van der Waals surface area contributed by atoms with Crippen LogP contribution < -0.4 is 10.1 Å². The number of benzene rings is 1. The summed E-state index contributed by atoms with van der Waals surface area (Å²) in [6.45, 7) is 5.20. The summed E-state index contributed by atoms with van der Waals surface area (Å²) in [5, 5.41) is 12.0. The molecule has 1 fully saturated rings. The van der Waals surface area contributed by atoms with E-state index in [1.807, 2.05) is 4.57 Å². The first-order chi connectivity index (χ1) is 14.8. The molecule has 1 saturated heterocycles. The van der Waals surface area contributed by atoms with Gasteiger partial charge in [0.1, 0.15) is 11.6 Å². The van der Waals surface area contributed by atoms with E-state index in [1.165, 1.54) is 22.3 Å². The Balaban J connectivity index is 1.67. The Bertz CT molecular complexity index is 1020. The van der Waals surface area contributed by atoms with Crippen molar-refractivity contribution in [2.24, 2.45) is 0 Å². The van der Waals surface area contributed by atoms with Gasteiger partial charge < -0.3 is 14.6 Å². The lowest BCUT2D eigenvalue weighted by Crippen LogP contribution is -2.39. The van der Waals surface area contributed by atoms with Crippen molar-refractivity contribution in [3.63, 3.8) is 0 Å². The molecular weight excluding hydrogens is 438 g/mol. The van der Waals surface area contributed by atoms with Gasteiger partial charge in [0.05, 0.1) is 19.1 Å². The SMILES string of the molecule is C=CCn1c(SCC(=O)Nc2ccc(OC)cc2)nnc1C1CCCN(S(C)(=O)=O)C1. The Hall–Kier alpha value is -2.37. The number of thioether (sulfide) groups is 1. The normalized spacial score (nSPS) is 17.3. The number of carbonyl (C=O) groups excluding carboxylic acids is 1. The van der Waals surface area contributed by atoms with Crippen LogP contribution in [-0.4, -0.2) is 65.6 Å². The van der Waals surface area contributed by atoms with E-state index in [1.54, 1.807) is 37.5 Å². The maximum atomic E-state index is 12.4. The zero-order chi connectivity index (χ0) is 22.4. The quantitative estimate of drug-likeness (QED) is 0.447. The summed E-state index contributed by atoms with van der Waals surface area (Å²) in [5.74, 6) is 1.41. The summed E-state index contributed by atoms with van der Waals surface area (Å²) in [6.07, 6.45) is 4.58. The van der Waals surface area contributed by atoms with Crippen molar-refractivity contribution in [2.75, 3.05) is 37.5 Å². The van der Waals surface area contributed by atoms with Crippen LogP contribution in [0.5, 0.6) is 5.75 Å². The zero-order valence-corrected chi connectivity index (χ0v) is 19.3. The number of nitrogens with one attached hydrogen (secondary N) is 1. The molecule has 1 aromatic heterocycles. The van der Waals surface area contributed by atoms with Crippen molar-refractivity contribution in [1.29, 1.82) is 0 Å². The molecule has 0 radical (unpaired) electrons. The summed E-state index contributed by atoms with van der Waals surface area (Å²) in [6, 6.07) is 7.10. The summed E-state index contributed by atoms with van der Waals surface area (Å²) in [5.41, 5.74) is 0.683. The first-order valence-electron chi connectivity index (χ1n) is 9.87. The zero-order valence-electron chi connectivity index (χ0n) is 17.7. The molecule has 168 valence electrons. The fourth-order valence-electron chi connectivity index (χ4n) is 3.47. The van der Waals surface area contributed by atoms with E-state index in [0.29, 0.717) is 30.5 Å². The van der Waals surface area contributed by atoms with Crippen LogP contribution in [0, 0.1) is 0 Å². The van der Waals surface area contributed by atoms with Gasteiger partial charge >= 0.3 is 0 Å². The molecule has 11 heteroatoms. The first-order valence-corrected chi connectivity index (χ1v) is 12.7. The van der Waals surface area contributed by atoms with Crippen LogP contribution in [0.2, 0.25) is 0 Å². The van der Waals surface area contributed by atoms with E-state index in [-0.39, 0.29) is 17.6 Å². The Morgan fingerprint density at radius 2 is 2.10 bits per heavy atom. The largest absolute Gasteiger partial charge is 0.497 e. The van der Waals surface area contributed by atoms with Gasteiger partial charge in [0.15, 0.2) is 5.16 Å². The topological polar surface area (TPSA) is 106 Å². The van der Waals surface area contributed by atoms with E-state index in [0.717, 1.165) is 24.4 Å². The third-order valence-electron chi connectivity index (χ3n) is 4.98. The number of anilines is 1. The fourth-order valence-corrected chi connectivity index (χ4v) is 5.13. The summed E-state index contributed by atoms with van der Waals surface area (Å²) in [4.78, 5) is 12.4. The highest BCUT2D eigenvalue weighted by atomic mass is 32.2. The Morgan fingerprint density at radius 1 is 1.35 bits per heavy atom.